The van der Waals surface area contributed by atoms with Gasteiger partial charge in [-0.25, -0.2) is 9.59 Å². The number of unbranched alkanes of at least 4 members (excludes halogenated alkanes) is 1. The van der Waals surface area contributed by atoms with Crippen molar-refractivity contribution in [2.75, 3.05) is 26.4 Å². The van der Waals surface area contributed by atoms with Crippen molar-refractivity contribution in [2.24, 2.45) is 0 Å². The Hall–Kier alpha value is -2.72. The number of ether oxygens (including phenoxy) is 4. The maximum Gasteiger partial charge on any atom is 0.333 e. The van der Waals surface area contributed by atoms with E-state index in [1.54, 1.807) is 0 Å². The third kappa shape index (κ3) is 14.3. The van der Waals surface area contributed by atoms with Crippen molar-refractivity contribution < 1.29 is 48.3 Å². The summed E-state index contributed by atoms with van der Waals surface area (Å²) in [4.78, 5) is 45.5. The van der Waals surface area contributed by atoms with E-state index >= 15 is 0 Å². The fourth-order valence-electron chi connectivity index (χ4n) is 1.75. The second-order valence-electron chi connectivity index (χ2n) is 6.64. The van der Waals surface area contributed by atoms with Crippen molar-refractivity contribution in [3.05, 3.63) is 24.3 Å². The molecule has 0 saturated heterocycles. The molecular weight excluding hydrogens is 400 g/mol. The van der Waals surface area contributed by atoms with Crippen LogP contribution in [-0.2, 0) is 38.1 Å². The molecule has 0 heterocycles. The van der Waals surface area contributed by atoms with E-state index in [9.17, 15) is 29.4 Å². The van der Waals surface area contributed by atoms with E-state index < -0.39 is 36.1 Å². The van der Waals surface area contributed by atoms with E-state index in [1.165, 1.54) is 13.8 Å². The first kappa shape index (κ1) is 27.3. The van der Waals surface area contributed by atoms with Gasteiger partial charge in [-0.05, 0) is 26.7 Å². The average Bonchev–Trinajstić information content (AvgIpc) is 2.69. The molecule has 30 heavy (non-hydrogen) atoms. The van der Waals surface area contributed by atoms with Gasteiger partial charge in [-0.2, -0.15) is 0 Å². The first-order chi connectivity index (χ1) is 14.0. The van der Waals surface area contributed by atoms with Crippen LogP contribution in [0, 0.1) is 0 Å². The Balaban J connectivity index is 3.78. The fraction of sp³-hybridized carbons (Fsp3) is 0.600. The molecule has 170 valence electrons. The van der Waals surface area contributed by atoms with Crippen LogP contribution in [0.5, 0.6) is 0 Å². The summed E-state index contributed by atoms with van der Waals surface area (Å²) >= 11 is 0. The van der Waals surface area contributed by atoms with Gasteiger partial charge in [0.1, 0.15) is 38.6 Å². The van der Waals surface area contributed by atoms with E-state index in [4.69, 9.17) is 18.9 Å². The zero-order valence-corrected chi connectivity index (χ0v) is 17.4. The molecule has 0 aromatic heterocycles. The van der Waals surface area contributed by atoms with Gasteiger partial charge >= 0.3 is 23.9 Å². The highest BCUT2D eigenvalue weighted by atomic mass is 16.6. The van der Waals surface area contributed by atoms with Gasteiger partial charge in [0, 0.05) is 24.0 Å². The molecule has 0 rings (SSSR count). The maximum absolute atomic E-state index is 11.6. The number of hydrogen-bond acceptors (Lipinski definition) is 10. The van der Waals surface area contributed by atoms with E-state index in [1.807, 2.05) is 0 Å². The summed E-state index contributed by atoms with van der Waals surface area (Å²) in [6, 6.07) is 0. The molecule has 0 fully saturated rings. The number of hydrogen-bond donors (Lipinski definition) is 2. The zero-order valence-electron chi connectivity index (χ0n) is 17.4. The van der Waals surface area contributed by atoms with Gasteiger partial charge in [0.2, 0.25) is 0 Å². The van der Waals surface area contributed by atoms with Gasteiger partial charge in [0.05, 0.1) is 0 Å². The quantitative estimate of drug-likeness (QED) is 0.164. The lowest BCUT2D eigenvalue weighted by Crippen LogP contribution is -2.25. The van der Waals surface area contributed by atoms with Crippen molar-refractivity contribution >= 4 is 23.9 Å². The second-order valence-corrected chi connectivity index (χ2v) is 6.64. The summed E-state index contributed by atoms with van der Waals surface area (Å²) < 4.78 is 19.1. The van der Waals surface area contributed by atoms with E-state index in [-0.39, 0.29) is 50.4 Å². The van der Waals surface area contributed by atoms with Crippen LogP contribution >= 0.6 is 0 Å². The van der Waals surface area contributed by atoms with Crippen LogP contribution in [-0.4, -0.2) is 72.7 Å². The molecule has 10 nitrogen and oxygen atoms in total. The summed E-state index contributed by atoms with van der Waals surface area (Å²) in [5, 5.41) is 19.1. The Morgan fingerprint density at radius 3 is 1.27 bits per heavy atom. The van der Waals surface area contributed by atoms with Gasteiger partial charge in [-0.3, -0.25) is 9.59 Å². The third-order valence-corrected chi connectivity index (χ3v) is 3.40. The zero-order chi connectivity index (χ0) is 23.1. The molecule has 0 spiro atoms. The monoisotopic (exact) mass is 430 g/mol. The van der Waals surface area contributed by atoms with Crippen LogP contribution < -0.4 is 0 Å². The lowest BCUT2D eigenvalue weighted by atomic mass is 10.2. The molecule has 2 unspecified atom stereocenters. The van der Waals surface area contributed by atoms with Crippen LogP contribution in [0.1, 0.15) is 39.5 Å². The van der Waals surface area contributed by atoms with Crippen LogP contribution in [0.2, 0.25) is 0 Å². The summed E-state index contributed by atoms with van der Waals surface area (Å²) in [7, 11) is 0. The summed E-state index contributed by atoms with van der Waals surface area (Å²) in [6.45, 7) is 8.45. The number of carbonyl (C=O) groups is 4. The Labute approximate surface area is 175 Å². The second kappa shape index (κ2) is 15.2. The number of esters is 4. The predicted octanol–water partition coefficient (Wildman–Crippen LogP) is 0.594. The lowest BCUT2D eigenvalue weighted by molar-refractivity contribution is -0.152. The van der Waals surface area contributed by atoms with Gasteiger partial charge in [-0.1, -0.05) is 13.2 Å². The minimum absolute atomic E-state index is 0.0328. The molecule has 10 heteroatoms. The molecule has 2 atom stereocenters. The molecule has 0 saturated carbocycles. The van der Waals surface area contributed by atoms with Crippen molar-refractivity contribution in [3.63, 3.8) is 0 Å². The normalized spacial score (nSPS) is 12.3. The Morgan fingerprint density at radius 1 is 0.667 bits per heavy atom. The van der Waals surface area contributed by atoms with Crippen molar-refractivity contribution in [1.82, 2.24) is 0 Å². The van der Waals surface area contributed by atoms with Gasteiger partial charge in [0.25, 0.3) is 0 Å². The third-order valence-electron chi connectivity index (χ3n) is 3.40. The van der Waals surface area contributed by atoms with Crippen molar-refractivity contribution in [2.45, 2.75) is 51.7 Å². The molecule has 0 aliphatic carbocycles. The minimum Gasteiger partial charge on any atom is -0.463 e. The molecule has 2 N–H and O–H groups in total. The summed E-state index contributed by atoms with van der Waals surface area (Å²) in [5.41, 5.74) is 0.386. The predicted molar refractivity (Wildman–Crippen MR) is 104 cm³/mol. The number of rotatable bonds is 15. The Kier molecular flexibility index (Phi) is 13.8. The molecule has 0 amide bonds. The first-order valence-corrected chi connectivity index (χ1v) is 9.35. The topological polar surface area (TPSA) is 146 Å². The molecule has 0 aliphatic rings. The van der Waals surface area contributed by atoms with Crippen LogP contribution in [0.4, 0.5) is 0 Å². The molecule has 0 aromatic rings. The smallest absolute Gasteiger partial charge is 0.333 e. The number of aliphatic hydroxyl groups excluding tert-OH is 2. The van der Waals surface area contributed by atoms with Crippen LogP contribution in [0.15, 0.2) is 24.3 Å². The van der Waals surface area contributed by atoms with E-state index in [0.717, 1.165) is 0 Å². The van der Waals surface area contributed by atoms with Crippen LogP contribution in [0.3, 0.4) is 0 Å². The largest absolute Gasteiger partial charge is 0.463 e. The highest BCUT2D eigenvalue weighted by molar-refractivity contribution is 5.87. The first-order valence-electron chi connectivity index (χ1n) is 9.35. The minimum atomic E-state index is -1.15. The van der Waals surface area contributed by atoms with Crippen molar-refractivity contribution in [1.29, 1.82) is 0 Å². The standard InChI is InChI=1S/C20H30O10/c1-13(2)19(25)29-11-15(21)9-27-17(23)7-5-6-8-18(24)28-10-16(22)12-30-20(26)14(3)4/h15-16,21-22H,1,3,5-12H2,2,4H3. The fourth-order valence-corrected chi connectivity index (χ4v) is 1.75. The van der Waals surface area contributed by atoms with Gasteiger partial charge in [0.15, 0.2) is 0 Å². The van der Waals surface area contributed by atoms with Gasteiger partial charge in [-0.15, -0.1) is 0 Å². The summed E-state index contributed by atoms with van der Waals surface area (Å²) in [5.74, 6) is -2.42. The SMILES string of the molecule is C=C(C)C(=O)OCC(O)COC(=O)CCCCC(=O)OCC(O)COC(=O)C(=C)C. The molecule has 0 aliphatic heterocycles. The average molecular weight is 430 g/mol. The lowest BCUT2D eigenvalue weighted by Gasteiger charge is -2.12. The Morgan fingerprint density at radius 2 is 0.967 bits per heavy atom. The van der Waals surface area contributed by atoms with Gasteiger partial charge < -0.3 is 29.2 Å². The molecule has 0 aromatic carbocycles. The number of carbonyl (C=O) groups excluding carboxylic acids is 4. The van der Waals surface area contributed by atoms with E-state index in [2.05, 4.69) is 13.2 Å². The molecular formula is C20H30O10. The number of aliphatic hydroxyl groups is 2. The highest BCUT2D eigenvalue weighted by Crippen LogP contribution is 2.04. The van der Waals surface area contributed by atoms with Crippen LogP contribution in [0.25, 0.3) is 0 Å². The molecule has 0 bridgehead atoms. The van der Waals surface area contributed by atoms with Crippen molar-refractivity contribution in [3.8, 4) is 0 Å². The highest BCUT2D eigenvalue weighted by Gasteiger charge is 2.14. The van der Waals surface area contributed by atoms with E-state index in [0.29, 0.717) is 12.8 Å². The summed E-state index contributed by atoms with van der Waals surface area (Å²) in [6.07, 6.45) is -1.52. The molecule has 0 radical (unpaired) electrons. The Bertz CT molecular complexity index is 571. The maximum atomic E-state index is 11.6.